The molecule has 0 saturated heterocycles. The van der Waals surface area contributed by atoms with Gasteiger partial charge in [-0.3, -0.25) is 0 Å². The largest absolute Gasteiger partial charge is 0.341 e. The molecule has 66 valence electrons. The van der Waals surface area contributed by atoms with E-state index >= 15 is 0 Å². The van der Waals surface area contributed by atoms with Crippen molar-refractivity contribution in [1.29, 1.82) is 0 Å². The van der Waals surface area contributed by atoms with E-state index in [1.54, 1.807) is 0 Å². The van der Waals surface area contributed by atoms with Gasteiger partial charge in [0.15, 0.2) is 0 Å². The zero-order valence-electron chi connectivity index (χ0n) is 7.16. The third-order valence-electron chi connectivity index (χ3n) is 1.95. The molecule has 3 heteroatoms. The van der Waals surface area contributed by atoms with Gasteiger partial charge < -0.3 is 5.32 Å². The number of rotatable bonds is 2. The van der Waals surface area contributed by atoms with Gasteiger partial charge in [-0.05, 0) is 5.56 Å². The molecule has 0 bridgehead atoms. The lowest BCUT2D eigenvalue weighted by Crippen LogP contribution is -2.17. The summed E-state index contributed by atoms with van der Waals surface area (Å²) in [6.07, 6.45) is 0.763. The highest BCUT2D eigenvalue weighted by atomic mass is 16.2. The molecule has 0 aromatic heterocycles. The van der Waals surface area contributed by atoms with Crippen LogP contribution in [0.15, 0.2) is 35.3 Å². The van der Waals surface area contributed by atoms with Gasteiger partial charge in [0.2, 0.25) is 0 Å². The molecule has 0 atom stereocenters. The standard InChI is InChI=1S/C10H10N2O/c13-10-11-7-9(12-10)6-8-4-2-1-3-5-8/h1-5H,6-7H2,(H,11,13). The highest BCUT2D eigenvalue weighted by molar-refractivity contribution is 6.03. The van der Waals surface area contributed by atoms with Gasteiger partial charge in [0.1, 0.15) is 0 Å². The Bertz CT molecular complexity index is 343. The Hall–Kier alpha value is -1.64. The first kappa shape index (κ1) is 7.98. The Morgan fingerprint density at radius 1 is 1.31 bits per heavy atom. The lowest BCUT2D eigenvalue weighted by Gasteiger charge is -1.98. The summed E-state index contributed by atoms with van der Waals surface area (Å²) in [5.74, 6) is 0. The molecule has 2 rings (SSSR count). The van der Waals surface area contributed by atoms with E-state index in [-0.39, 0.29) is 6.03 Å². The summed E-state index contributed by atoms with van der Waals surface area (Å²) in [7, 11) is 0. The fourth-order valence-corrected chi connectivity index (χ4v) is 1.33. The Morgan fingerprint density at radius 2 is 2.08 bits per heavy atom. The fourth-order valence-electron chi connectivity index (χ4n) is 1.33. The zero-order valence-corrected chi connectivity index (χ0v) is 7.16. The van der Waals surface area contributed by atoms with E-state index in [1.165, 1.54) is 5.56 Å². The quantitative estimate of drug-likeness (QED) is 0.723. The van der Waals surface area contributed by atoms with Crippen molar-refractivity contribution in [2.75, 3.05) is 6.54 Å². The molecule has 0 spiro atoms. The van der Waals surface area contributed by atoms with Crippen molar-refractivity contribution in [3.05, 3.63) is 35.9 Å². The molecule has 0 unspecified atom stereocenters. The van der Waals surface area contributed by atoms with Crippen LogP contribution in [-0.2, 0) is 6.42 Å². The number of benzene rings is 1. The summed E-state index contributed by atoms with van der Waals surface area (Å²) in [4.78, 5) is 14.6. The van der Waals surface area contributed by atoms with E-state index in [1.807, 2.05) is 30.3 Å². The summed E-state index contributed by atoms with van der Waals surface area (Å²) < 4.78 is 0. The Labute approximate surface area is 76.5 Å². The molecule has 1 N–H and O–H groups in total. The van der Waals surface area contributed by atoms with Gasteiger partial charge in [-0.15, -0.1) is 0 Å². The number of carbonyl (C=O) groups excluding carboxylic acids is 1. The van der Waals surface area contributed by atoms with E-state index in [0.717, 1.165) is 12.1 Å². The second kappa shape index (κ2) is 3.39. The molecule has 1 aromatic rings. The van der Waals surface area contributed by atoms with Gasteiger partial charge >= 0.3 is 6.03 Å². The number of urea groups is 1. The normalized spacial score (nSPS) is 15.4. The van der Waals surface area contributed by atoms with Gasteiger partial charge in [-0.1, -0.05) is 30.3 Å². The molecule has 1 aliphatic heterocycles. The van der Waals surface area contributed by atoms with E-state index in [9.17, 15) is 4.79 Å². The second-order valence-electron chi connectivity index (χ2n) is 3.00. The van der Waals surface area contributed by atoms with Crippen LogP contribution in [0.1, 0.15) is 5.56 Å². The third kappa shape index (κ3) is 1.93. The van der Waals surface area contributed by atoms with E-state index in [0.29, 0.717) is 6.54 Å². The monoisotopic (exact) mass is 174 g/mol. The molecular formula is C10H10N2O. The summed E-state index contributed by atoms with van der Waals surface area (Å²) in [6.45, 7) is 0.591. The molecule has 1 heterocycles. The predicted octanol–water partition coefficient (Wildman–Crippen LogP) is 1.39. The van der Waals surface area contributed by atoms with Crippen molar-refractivity contribution >= 4 is 11.7 Å². The molecule has 0 aliphatic carbocycles. The highest BCUT2D eigenvalue weighted by Crippen LogP contribution is 2.03. The first-order chi connectivity index (χ1) is 6.34. The van der Waals surface area contributed by atoms with Crippen molar-refractivity contribution in [3.8, 4) is 0 Å². The van der Waals surface area contributed by atoms with Crippen LogP contribution in [0.2, 0.25) is 0 Å². The Kier molecular flexibility index (Phi) is 2.08. The van der Waals surface area contributed by atoms with Gasteiger partial charge in [-0.25, -0.2) is 9.79 Å². The van der Waals surface area contributed by atoms with Crippen LogP contribution in [0.4, 0.5) is 4.79 Å². The summed E-state index contributed by atoms with van der Waals surface area (Å²) >= 11 is 0. The molecular weight excluding hydrogens is 164 g/mol. The van der Waals surface area contributed by atoms with Gasteiger partial charge in [0, 0.05) is 12.1 Å². The van der Waals surface area contributed by atoms with Gasteiger partial charge in [0.25, 0.3) is 0 Å². The number of nitrogens with zero attached hydrogens (tertiary/aromatic N) is 1. The Morgan fingerprint density at radius 3 is 2.69 bits per heavy atom. The van der Waals surface area contributed by atoms with Crippen LogP contribution >= 0.6 is 0 Å². The van der Waals surface area contributed by atoms with Crippen LogP contribution < -0.4 is 5.32 Å². The minimum atomic E-state index is -0.217. The summed E-state index contributed by atoms with van der Waals surface area (Å²) in [6, 6.07) is 9.80. The summed E-state index contributed by atoms with van der Waals surface area (Å²) in [5, 5.41) is 2.65. The molecule has 3 nitrogen and oxygen atoms in total. The maximum Gasteiger partial charge on any atom is 0.341 e. The van der Waals surface area contributed by atoms with Gasteiger partial charge in [0.05, 0.1) is 6.54 Å². The number of nitrogens with one attached hydrogen (secondary N) is 1. The lowest BCUT2D eigenvalue weighted by atomic mass is 10.1. The van der Waals surface area contributed by atoms with Crippen LogP contribution in [0.25, 0.3) is 0 Å². The molecule has 13 heavy (non-hydrogen) atoms. The molecule has 0 fully saturated rings. The first-order valence-corrected chi connectivity index (χ1v) is 4.23. The minimum Gasteiger partial charge on any atom is -0.331 e. The lowest BCUT2D eigenvalue weighted by molar-refractivity contribution is 0.252. The molecule has 0 saturated carbocycles. The van der Waals surface area contributed by atoms with Gasteiger partial charge in [-0.2, -0.15) is 0 Å². The smallest absolute Gasteiger partial charge is 0.331 e. The molecule has 1 aromatic carbocycles. The van der Waals surface area contributed by atoms with Crippen LogP contribution in [0.3, 0.4) is 0 Å². The summed E-state index contributed by atoms with van der Waals surface area (Å²) in [5.41, 5.74) is 2.11. The zero-order chi connectivity index (χ0) is 9.10. The number of hydrogen-bond donors (Lipinski definition) is 1. The number of carbonyl (C=O) groups is 1. The third-order valence-corrected chi connectivity index (χ3v) is 1.95. The van der Waals surface area contributed by atoms with Crippen LogP contribution in [0, 0.1) is 0 Å². The minimum absolute atomic E-state index is 0.217. The average molecular weight is 174 g/mol. The second-order valence-corrected chi connectivity index (χ2v) is 3.00. The first-order valence-electron chi connectivity index (χ1n) is 4.23. The topological polar surface area (TPSA) is 41.5 Å². The Balaban J connectivity index is 2.07. The van der Waals surface area contributed by atoms with E-state index in [2.05, 4.69) is 10.3 Å². The predicted molar refractivity (Wildman–Crippen MR) is 51.0 cm³/mol. The maximum atomic E-state index is 10.7. The number of hydrogen-bond acceptors (Lipinski definition) is 1. The van der Waals surface area contributed by atoms with Crippen molar-refractivity contribution in [3.63, 3.8) is 0 Å². The number of aliphatic imine (C=N–C) groups is 1. The number of amides is 2. The molecule has 2 amide bonds. The van der Waals surface area contributed by atoms with Crippen LogP contribution in [-0.4, -0.2) is 18.3 Å². The van der Waals surface area contributed by atoms with E-state index < -0.39 is 0 Å². The maximum absolute atomic E-state index is 10.7. The molecule has 0 radical (unpaired) electrons. The SMILES string of the molecule is O=C1N=C(Cc2ccccc2)CN1. The van der Waals surface area contributed by atoms with Crippen LogP contribution in [0.5, 0.6) is 0 Å². The highest BCUT2D eigenvalue weighted by Gasteiger charge is 2.11. The van der Waals surface area contributed by atoms with E-state index in [4.69, 9.17) is 0 Å². The van der Waals surface area contributed by atoms with Crippen molar-refractivity contribution in [1.82, 2.24) is 5.32 Å². The van der Waals surface area contributed by atoms with Crippen molar-refractivity contribution in [2.45, 2.75) is 6.42 Å². The van der Waals surface area contributed by atoms with Crippen molar-refractivity contribution < 1.29 is 4.79 Å². The molecule has 1 aliphatic rings. The average Bonchev–Trinajstić information content (AvgIpc) is 2.53. The fraction of sp³-hybridized carbons (Fsp3) is 0.200. The van der Waals surface area contributed by atoms with Crippen molar-refractivity contribution in [2.24, 2.45) is 4.99 Å².